The molecule has 4 heteroatoms. The second-order valence-electron chi connectivity index (χ2n) is 4.85. The molecule has 0 aliphatic carbocycles. The van der Waals surface area contributed by atoms with Crippen molar-refractivity contribution in [3.05, 3.63) is 69.9 Å². The molecule has 2 aromatic carbocycles. The Morgan fingerprint density at radius 2 is 1.90 bits per heavy atom. The van der Waals surface area contributed by atoms with Crippen LogP contribution in [-0.4, -0.2) is 6.54 Å². The van der Waals surface area contributed by atoms with Crippen LogP contribution in [0.5, 0.6) is 0 Å². The summed E-state index contributed by atoms with van der Waals surface area (Å²) in [4.78, 5) is 0. The molecule has 0 saturated heterocycles. The van der Waals surface area contributed by atoms with Crippen LogP contribution in [0.4, 0.5) is 0 Å². The first-order valence-electron chi connectivity index (χ1n) is 6.86. The Balaban J connectivity index is 2.09. The molecule has 2 nitrogen and oxygen atoms in total. The number of hydrogen-bond acceptors (Lipinski definition) is 2. The molecule has 0 saturated carbocycles. The molecule has 1 atom stereocenters. The zero-order chi connectivity index (χ0) is 14.8. The van der Waals surface area contributed by atoms with Crippen molar-refractivity contribution in [1.29, 1.82) is 0 Å². The van der Waals surface area contributed by atoms with Gasteiger partial charge in [0.15, 0.2) is 5.58 Å². The maximum atomic E-state index is 6.19. The molecule has 0 aliphatic heterocycles. The zero-order valence-corrected chi connectivity index (χ0v) is 13.1. The first-order chi connectivity index (χ1) is 10.2. The summed E-state index contributed by atoms with van der Waals surface area (Å²) in [7, 11) is 0. The lowest BCUT2D eigenvalue weighted by Crippen LogP contribution is -2.21. The van der Waals surface area contributed by atoms with Crippen LogP contribution >= 0.6 is 23.2 Å². The van der Waals surface area contributed by atoms with Crippen LogP contribution in [0.2, 0.25) is 10.0 Å². The fourth-order valence-corrected chi connectivity index (χ4v) is 2.88. The van der Waals surface area contributed by atoms with E-state index in [-0.39, 0.29) is 6.04 Å². The predicted molar refractivity (Wildman–Crippen MR) is 88.2 cm³/mol. The van der Waals surface area contributed by atoms with Gasteiger partial charge in [0.05, 0.1) is 11.1 Å². The van der Waals surface area contributed by atoms with Gasteiger partial charge in [0.25, 0.3) is 0 Å². The number of hydrogen-bond donors (Lipinski definition) is 1. The first-order valence-corrected chi connectivity index (χ1v) is 7.61. The van der Waals surface area contributed by atoms with Gasteiger partial charge in [0.1, 0.15) is 5.76 Å². The smallest absolute Gasteiger partial charge is 0.152 e. The van der Waals surface area contributed by atoms with E-state index < -0.39 is 0 Å². The van der Waals surface area contributed by atoms with Crippen molar-refractivity contribution in [2.45, 2.75) is 13.0 Å². The Morgan fingerprint density at radius 1 is 1.10 bits per heavy atom. The first kappa shape index (κ1) is 14.5. The number of fused-ring (bicyclic) bond motifs is 1. The molecule has 0 aliphatic rings. The zero-order valence-electron chi connectivity index (χ0n) is 11.6. The van der Waals surface area contributed by atoms with Gasteiger partial charge in [-0.3, -0.25) is 0 Å². The summed E-state index contributed by atoms with van der Waals surface area (Å²) in [6.45, 7) is 2.88. The summed E-state index contributed by atoms with van der Waals surface area (Å²) in [5.74, 6) is 0.835. The Kier molecular flexibility index (Phi) is 4.20. The van der Waals surface area contributed by atoms with Gasteiger partial charge in [-0.1, -0.05) is 54.4 Å². The van der Waals surface area contributed by atoms with Gasteiger partial charge < -0.3 is 9.73 Å². The van der Waals surface area contributed by atoms with Gasteiger partial charge in [-0.05, 0) is 36.4 Å². The van der Waals surface area contributed by atoms with E-state index >= 15 is 0 Å². The van der Waals surface area contributed by atoms with Gasteiger partial charge in [-0.25, -0.2) is 0 Å². The quantitative estimate of drug-likeness (QED) is 0.692. The Labute approximate surface area is 133 Å². The molecule has 0 bridgehead atoms. The monoisotopic (exact) mass is 319 g/mol. The van der Waals surface area contributed by atoms with E-state index in [9.17, 15) is 0 Å². The molecular formula is C17H15Cl2NO. The summed E-state index contributed by atoms with van der Waals surface area (Å²) in [6, 6.07) is 15.5. The second-order valence-corrected chi connectivity index (χ2v) is 5.70. The number of furan rings is 1. The second kappa shape index (κ2) is 6.10. The minimum Gasteiger partial charge on any atom is -0.457 e. The average Bonchev–Trinajstić information content (AvgIpc) is 2.90. The molecule has 1 unspecified atom stereocenters. The Morgan fingerprint density at radius 3 is 2.62 bits per heavy atom. The summed E-state index contributed by atoms with van der Waals surface area (Å²) >= 11 is 12.3. The summed E-state index contributed by atoms with van der Waals surface area (Å²) in [5.41, 5.74) is 1.79. The molecule has 1 heterocycles. The van der Waals surface area contributed by atoms with Crippen molar-refractivity contribution < 1.29 is 4.42 Å². The third-order valence-electron chi connectivity index (χ3n) is 3.39. The minimum absolute atomic E-state index is 0.0443. The molecule has 0 radical (unpaired) electrons. The van der Waals surface area contributed by atoms with Crippen LogP contribution in [0.15, 0.2) is 52.9 Å². The van der Waals surface area contributed by atoms with Gasteiger partial charge >= 0.3 is 0 Å². The normalized spacial score (nSPS) is 12.7. The molecule has 3 rings (SSSR count). The van der Waals surface area contributed by atoms with Crippen LogP contribution in [-0.2, 0) is 0 Å². The Bertz CT molecular complexity index is 766. The maximum Gasteiger partial charge on any atom is 0.152 e. The number of benzene rings is 2. The molecule has 1 aromatic heterocycles. The average molecular weight is 320 g/mol. The molecule has 1 N–H and O–H groups in total. The van der Waals surface area contributed by atoms with Crippen LogP contribution in [0, 0.1) is 0 Å². The predicted octanol–water partition coefficient (Wildman–Crippen LogP) is 5.44. The van der Waals surface area contributed by atoms with E-state index in [2.05, 4.69) is 12.2 Å². The fraction of sp³-hybridized carbons (Fsp3) is 0.176. The van der Waals surface area contributed by atoms with Crippen LogP contribution < -0.4 is 5.32 Å². The molecule has 3 aromatic rings. The number of halogens is 2. The largest absolute Gasteiger partial charge is 0.457 e. The van der Waals surface area contributed by atoms with Gasteiger partial charge in [-0.15, -0.1) is 0 Å². The van der Waals surface area contributed by atoms with E-state index in [0.29, 0.717) is 10.0 Å². The highest BCUT2D eigenvalue weighted by Crippen LogP contribution is 2.32. The fourth-order valence-electron chi connectivity index (χ4n) is 2.46. The molecule has 0 spiro atoms. The minimum atomic E-state index is -0.0443. The number of nitrogens with one attached hydrogen (secondary N) is 1. The van der Waals surface area contributed by atoms with E-state index in [0.717, 1.165) is 28.8 Å². The Hall–Kier alpha value is -1.48. The van der Waals surface area contributed by atoms with Crippen molar-refractivity contribution in [1.82, 2.24) is 5.32 Å². The van der Waals surface area contributed by atoms with E-state index in [1.165, 1.54) is 0 Å². The lowest BCUT2D eigenvalue weighted by molar-refractivity contribution is 0.477. The van der Waals surface area contributed by atoms with Crippen molar-refractivity contribution >= 4 is 34.2 Å². The molecule has 0 fully saturated rings. The molecule has 0 amide bonds. The third-order valence-corrected chi connectivity index (χ3v) is 3.92. The molecule has 108 valence electrons. The van der Waals surface area contributed by atoms with Crippen LogP contribution in [0.3, 0.4) is 0 Å². The molecule has 21 heavy (non-hydrogen) atoms. The highest BCUT2D eigenvalue weighted by Gasteiger charge is 2.18. The topological polar surface area (TPSA) is 25.2 Å². The van der Waals surface area contributed by atoms with Crippen molar-refractivity contribution in [2.24, 2.45) is 0 Å². The maximum absolute atomic E-state index is 6.19. The SMILES string of the molecule is CCNC(c1cccc(Cl)c1)c1cc2cccc(Cl)c2o1. The lowest BCUT2D eigenvalue weighted by atomic mass is 10.0. The van der Waals surface area contributed by atoms with E-state index in [4.69, 9.17) is 27.6 Å². The van der Waals surface area contributed by atoms with Gasteiger partial charge in [-0.2, -0.15) is 0 Å². The lowest BCUT2D eigenvalue weighted by Gasteiger charge is -2.16. The third kappa shape index (κ3) is 2.93. The van der Waals surface area contributed by atoms with Crippen molar-refractivity contribution in [3.63, 3.8) is 0 Å². The van der Waals surface area contributed by atoms with Crippen molar-refractivity contribution in [3.8, 4) is 0 Å². The van der Waals surface area contributed by atoms with Gasteiger partial charge in [0, 0.05) is 10.4 Å². The molecular weight excluding hydrogens is 305 g/mol. The number of rotatable bonds is 4. The summed E-state index contributed by atoms with van der Waals surface area (Å²) in [5, 5.41) is 5.77. The van der Waals surface area contributed by atoms with Crippen LogP contribution in [0.1, 0.15) is 24.3 Å². The van der Waals surface area contributed by atoms with Crippen molar-refractivity contribution in [2.75, 3.05) is 6.54 Å². The standard InChI is InChI=1S/C17H15Cl2NO/c1-2-20-16(11-5-3-7-13(18)9-11)15-10-12-6-4-8-14(19)17(12)21-15/h3-10,16,20H,2H2,1H3. The highest BCUT2D eigenvalue weighted by molar-refractivity contribution is 6.34. The van der Waals surface area contributed by atoms with Gasteiger partial charge in [0.2, 0.25) is 0 Å². The summed E-state index contributed by atoms with van der Waals surface area (Å²) < 4.78 is 5.97. The van der Waals surface area contributed by atoms with Crippen LogP contribution in [0.25, 0.3) is 11.0 Å². The van der Waals surface area contributed by atoms with E-state index in [1.807, 2.05) is 48.5 Å². The number of para-hydroxylation sites is 1. The highest BCUT2D eigenvalue weighted by atomic mass is 35.5. The van der Waals surface area contributed by atoms with E-state index in [1.54, 1.807) is 0 Å². The summed E-state index contributed by atoms with van der Waals surface area (Å²) in [6.07, 6.45) is 0.